The van der Waals surface area contributed by atoms with E-state index in [1.807, 2.05) is 0 Å². The van der Waals surface area contributed by atoms with Crippen LogP contribution >= 0.6 is 23.4 Å². The molecule has 7 nitrogen and oxygen atoms in total. The Morgan fingerprint density at radius 3 is 2.48 bits per heavy atom. The van der Waals surface area contributed by atoms with Crippen LogP contribution in [-0.2, 0) is 12.3 Å². The van der Waals surface area contributed by atoms with Gasteiger partial charge in [0.2, 0.25) is 0 Å². The third kappa shape index (κ3) is 5.25. The number of rotatable bonds is 7. The van der Waals surface area contributed by atoms with Gasteiger partial charge in [-0.2, -0.15) is 0 Å². The monoisotopic (exact) mass is 454 g/mol. The number of aromatic nitrogens is 5. The van der Waals surface area contributed by atoms with E-state index in [-0.39, 0.29) is 24.0 Å². The zero-order valence-corrected chi connectivity index (χ0v) is 17.6. The van der Waals surface area contributed by atoms with Crippen molar-refractivity contribution in [3.63, 3.8) is 0 Å². The molecular weight excluding hydrogens is 439 g/mol. The summed E-state index contributed by atoms with van der Waals surface area (Å²) in [6.45, 7) is 0.237. The summed E-state index contributed by atoms with van der Waals surface area (Å²) in [5.74, 6) is -0.337. The fourth-order valence-corrected chi connectivity index (χ4v) is 3.68. The number of carbonyl (C=O) groups is 1. The fourth-order valence-electron chi connectivity index (χ4n) is 2.76. The molecule has 0 saturated carbocycles. The molecule has 2 aromatic carbocycles. The van der Waals surface area contributed by atoms with Crippen molar-refractivity contribution in [3.8, 4) is 5.69 Å². The summed E-state index contributed by atoms with van der Waals surface area (Å²) in [4.78, 5) is 21.3. The average Bonchev–Trinajstić information content (AvgIpc) is 3.22. The molecule has 0 aliphatic carbocycles. The summed E-state index contributed by atoms with van der Waals surface area (Å²) >= 11 is 7.36. The minimum absolute atomic E-state index is 0.195. The molecule has 156 valence electrons. The van der Waals surface area contributed by atoms with E-state index in [1.54, 1.807) is 59.5 Å². The molecule has 4 aromatic rings. The molecule has 1 amide bonds. The van der Waals surface area contributed by atoms with Gasteiger partial charge in [0.05, 0.1) is 11.4 Å². The third-order valence-electron chi connectivity index (χ3n) is 4.30. The molecule has 31 heavy (non-hydrogen) atoms. The summed E-state index contributed by atoms with van der Waals surface area (Å²) < 4.78 is 14.7. The number of nitrogens with one attached hydrogen (secondary N) is 1. The van der Waals surface area contributed by atoms with Crippen LogP contribution in [-0.4, -0.2) is 30.9 Å². The number of thioether (sulfide) groups is 1. The van der Waals surface area contributed by atoms with E-state index in [2.05, 4.69) is 25.6 Å². The van der Waals surface area contributed by atoms with Gasteiger partial charge in [0.15, 0.2) is 10.9 Å². The second kappa shape index (κ2) is 9.67. The summed E-state index contributed by atoms with van der Waals surface area (Å²) in [6, 6.07) is 14.7. The van der Waals surface area contributed by atoms with Crippen molar-refractivity contribution in [3.05, 3.63) is 94.8 Å². The quantitative estimate of drug-likeness (QED) is 0.334. The zero-order chi connectivity index (χ0) is 21.6. The van der Waals surface area contributed by atoms with Crippen LogP contribution in [0.5, 0.6) is 0 Å². The van der Waals surface area contributed by atoms with Crippen LogP contribution in [0.1, 0.15) is 21.7 Å². The maximum absolute atomic E-state index is 13.1. The van der Waals surface area contributed by atoms with Crippen LogP contribution in [0.3, 0.4) is 0 Å². The van der Waals surface area contributed by atoms with Crippen molar-refractivity contribution < 1.29 is 9.18 Å². The molecule has 0 unspecified atom stereocenters. The standard InChI is InChI=1S/C21H16ClFN6OS/c22-15-4-8-17(9-5-15)29-18(13-31-21-24-10-1-11-25-21)19(27-28-29)20(30)26-12-14-2-6-16(23)7-3-14/h1-11H,12-13H2,(H,26,30). The molecule has 0 aliphatic heterocycles. The topological polar surface area (TPSA) is 85.6 Å². The predicted molar refractivity (Wildman–Crippen MR) is 116 cm³/mol. The van der Waals surface area contributed by atoms with E-state index in [9.17, 15) is 9.18 Å². The Morgan fingerprint density at radius 1 is 1.06 bits per heavy atom. The van der Waals surface area contributed by atoms with Gasteiger partial charge in [-0.1, -0.05) is 40.7 Å². The minimum atomic E-state index is -0.380. The highest BCUT2D eigenvalue weighted by Gasteiger charge is 2.21. The van der Waals surface area contributed by atoms with Gasteiger partial charge < -0.3 is 5.32 Å². The molecule has 0 saturated heterocycles. The van der Waals surface area contributed by atoms with Gasteiger partial charge in [0.1, 0.15) is 5.82 Å². The normalized spacial score (nSPS) is 10.8. The lowest BCUT2D eigenvalue weighted by atomic mass is 10.2. The lowest BCUT2D eigenvalue weighted by Crippen LogP contribution is -2.24. The van der Waals surface area contributed by atoms with Crippen molar-refractivity contribution in [2.24, 2.45) is 0 Å². The Hall–Kier alpha value is -3.30. The largest absolute Gasteiger partial charge is 0.347 e. The van der Waals surface area contributed by atoms with Crippen molar-refractivity contribution >= 4 is 29.3 Å². The molecule has 0 atom stereocenters. The number of benzene rings is 2. The van der Waals surface area contributed by atoms with Gasteiger partial charge in [0.25, 0.3) is 5.91 Å². The zero-order valence-electron chi connectivity index (χ0n) is 16.1. The number of hydrogen-bond acceptors (Lipinski definition) is 6. The third-order valence-corrected chi connectivity index (χ3v) is 5.43. The lowest BCUT2D eigenvalue weighted by Gasteiger charge is -2.09. The van der Waals surface area contributed by atoms with E-state index < -0.39 is 0 Å². The van der Waals surface area contributed by atoms with Crippen molar-refractivity contribution in [1.82, 2.24) is 30.3 Å². The maximum atomic E-state index is 13.1. The van der Waals surface area contributed by atoms with Crippen LogP contribution < -0.4 is 5.32 Å². The van der Waals surface area contributed by atoms with Crippen LogP contribution in [0.15, 0.2) is 72.1 Å². The van der Waals surface area contributed by atoms with Crippen LogP contribution in [0.25, 0.3) is 5.69 Å². The summed E-state index contributed by atoms with van der Waals surface area (Å²) in [6.07, 6.45) is 3.31. The smallest absolute Gasteiger partial charge is 0.274 e. The molecule has 0 fully saturated rings. The van der Waals surface area contributed by atoms with Crippen LogP contribution in [0, 0.1) is 5.82 Å². The van der Waals surface area contributed by atoms with E-state index in [0.717, 1.165) is 11.3 Å². The van der Waals surface area contributed by atoms with Gasteiger partial charge in [-0.15, -0.1) is 5.10 Å². The Balaban J connectivity index is 1.58. The Kier molecular flexibility index (Phi) is 6.54. The molecule has 0 bridgehead atoms. The highest BCUT2D eigenvalue weighted by atomic mass is 35.5. The summed E-state index contributed by atoms with van der Waals surface area (Å²) in [7, 11) is 0. The van der Waals surface area contributed by atoms with E-state index in [1.165, 1.54) is 23.9 Å². The predicted octanol–water partition coefficient (Wildman–Crippen LogP) is 4.07. The summed E-state index contributed by atoms with van der Waals surface area (Å²) in [5, 5.41) is 12.3. The Labute approximate surface area is 186 Å². The van der Waals surface area contributed by atoms with Crippen LogP contribution in [0.4, 0.5) is 4.39 Å². The molecule has 2 aromatic heterocycles. The first kappa shape index (κ1) is 21.0. The van der Waals surface area contributed by atoms with Crippen molar-refractivity contribution in [2.75, 3.05) is 0 Å². The number of carbonyl (C=O) groups excluding carboxylic acids is 1. The average molecular weight is 455 g/mol. The van der Waals surface area contributed by atoms with Gasteiger partial charge in [-0.25, -0.2) is 19.0 Å². The van der Waals surface area contributed by atoms with E-state index >= 15 is 0 Å². The molecule has 0 aliphatic rings. The molecule has 0 spiro atoms. The maximum Gasteiger partial charge on any atom is 0.274 e. The van der Waals surface area contributed by atoms with Crippen molar-refractivity contribution in [1.29, 1.82) is 0 Å². The first-order valence-corrected chi connectivity index (χ1v) is 10.6. The Morgan fingerprint density at radius 2 is 1.77 bits per heavy atom. The van der Waals surface area contributed by atoms with E-state index in [0.29, 0.717) is 21.6 Å². The molecule has 2 heterocycles. The van der Waals surface area contributed by atoms with Gasteiger partial charge >= 0.3 is 0 Å². The van der Waals surface area contributed by atoms with Gasteiger partial charge in [-0.3, -0.25) is 4.79 Å². The minimum Gasteiger partial charge on any atom is -0.347 e. The lowest BCUT2D eigenvalue weighted by molar-refractivity contribution is 0.0945. The SMILES string of the molecule is O=C(NCc1ccc(F)cc1)c1nnn(-c2ccc(Cl)cc2)c1CSc1ncccn1. The van der Waals surface area contributed by atoms with Gasteiger partial charge in [0, 0.05) is 29.7 Å². The van der Waals surface area contributed by atoms with E-state index in [4.69, 9.17) is 11.6 Å². The van der Waals surface area contributed by atoms with Crippen molar-refractivity contribution in [2.45, 2.75) is 17.5 Å². The molecule has 10 heteroatoms. The second-order valence-corrected chi connectivity index (χ2v) is 7.78. The first-order chi connectivity index (χ1) is 15.1. The Bertz CT molecular complexity index is 1170. The van der Waals surface area contributed by atoms with Crippen LogP contribution in [0.2, 0.25) is 5.02 Å². The number of hydrogen-bond donors (Lipinski definition) is 1. The highest BCUT2D eigenvalue weighted by Crippen LogP contribution is 2.23. The molecule has 0 radical (unpaired) electrons. The second-order valence-electron chi connectivity index (χ2n) is 6.40. The molecular formula is C21H16ClFN6OS. The number of nitrogens with zero attached hydrogens (tertiary/aromatic N) is 5. The number of amides is 1. The van der Waals surface area contributed by atoms with Gasteiger partial charge in [-0.05, 0) is 48.0 Å². The highest BCUT2D eigenvalue weighted by molar-refractivity contribution is 7.98. The summed E-state index contributed by atoms with van der Waals surface area (Å²) in [5.41, 5.74) is 2.28. The fraction of sp³-hybridized carbons (Fsp3) is 0.0952. The molecule has 4 rings (SSSR count). The molecule has 1 N–H and O–H groups in total. The number of halogens is 2. The first-order valence-electron chi connectivity index (χ1n) is 9.23.